The van der Waals surface area contributed by atoms with E-state index in [9.17, 15) is 4.79 Å². The summed E-state index contributed by atoms with van der Waals surface area (Å²) in [5.41, 5.74) is 2.06. The summed E-state index contributed by atoms with van der Waals surface area (Å²) in [4.78, 5) is 18.8. The van der Waals surface area contributed by atoms with Gasteiger partial charge in [0.25, 0.3) is 5.91 Å². The smallest absolute Gasteiger partial charge is 0.255 e. The zero-order chi connectivity index (χ0) is 13.9. The number of nitrogens with zero attached hydrogens (tertiary/aromatic N) is 2. The first kappa shape index (κ1) is 12.9. The van der Waals surface area contributed by atoms with Gasteiger partial charge in [0.2, 0.25) is 0 Å². The maximum atomic E-state index is 12.6. The van der Waals surface area contributed by atoms with E-state index in [-0.39, 0.29) is 5.91 Å². The van der Waals surface area contributed by atoms with E-state index in [1.54, 1.807) is 24.6 Å². The number of carbonyl (C=O) groups excluding carboxylic acids is 1. The second kappa shape index (κ2) is 5.49. The summed E-state index contributed by atoms with van der Waals surface area (Å²) >= 11 is 0. The molecule has 3 rings (SSSR count). The monoisotopic (exact) mass is 270 g/mol. The van der Waals surface area contributed by atoms with Gasteiger partial charge in [0.15, 0.2) is 5.58 Å². The molecular weight excluding hydrogens is 252 g/mol. The maximum Gasteiger partial charge on any atom is 0.255 e. The fraction of sp³-hybridized carbons (Fsp3) is 0.375. The minimum Gasteiger partial charge on any atom is -0.463 e. The van der Waals surface area contributed by atoms with Crippen LogP contribution in [0.4, 0.5) is 0 Å². The average molecular weight is 270 g/mol. The highest BCUT2D eigenvalue weighted by atomic mass is 16.3. The Morgan fingerprint density at radius 1 is 1.60 bits per heavy atom. The van der Waals surface area contributed by atoms with Gasteiger partial charge in [-0.05, 0) is 31.7 Å². The zero-order valence-electron chi connectivity index (χ0n) is 11.4. The van der Waals surface area contributed by atoms with E-state index in [1.165, 1.54) is 0 Å². The highest BCUT2D eigenvalue weighted by molar-refractivity contribution is 5.96. The van der Waals surface area contributed by atoms with Crippen molar-refractivity contribution < 1.29 is 9.21 Å². The molecule has 4 nitrogen and oxygen atoms in total. The SMILES string of the molecule is C=CCCC1CCCN1C(=O)c1cnc2ccoc2c1. The largest absolute Gasteiger partial charge is 0.463 e. The Kier molecular flexibility index (Phi) is 3.54. The third-order valence-corrected chi connectivity index (χ3v) is 3.89. The number of aromatic nitrogens is 1. The molecule has 4 heteroatoms. The molecule has 0 spiro atoms. The van der Waals surface area contributed by atoms with Gasteiger partial charge in [-0.2, -0.15) is 0 Å². The number of pyridine rings is 1. The van der Waals surface area contributed by atoms with Crippen molar-refractivity contribution in [1.29, 1.82) is 0 Å². The Morgan fingerprint density at radius 2 is 2.50 bits per heavy atom. The molecule has 1 saturated heterocycles. The van der Waals surface area contributed by atoms with Gasteiger partial charge in [0.05, 0.1) is 11.8 Å². The van der Waals surface area contributed by atoms with Crippen LogP contribution in [0.25, 0.3) is 11.1 Å². The molecule has 20 heavy (non-hydrogen) atoms. The first-order chi connectivity index (χ1) is 9.79. The molecule has 1 amide bonds. The van der Waals surface area contributed by atoms with Crippen LogP contribution in [-0.4, -0.2) is 28.4 Å². The Balaban J connectivity index is 1.81. The van der Waals surface area contributed by atoms with Gasteiger partial charge in [0, 0.05) is 24.8 Å². The molecule has 3 heterocycles. The van der Waals surface area contributed by atoms with E-state index in [1.807, 2.05) is 11.0 Å². The number of fused-ring (bicyclic) bond motifs is 1. The van der Waals surface area contributed by atoms with E-state index >= 15 is 0 Å². The number of furan rings is 1. The Bertz CT molecular complexity index is 632. The van der Waals surface area contributed by atoms with Gasteiger partial charge < -0.3 is 9.32 Å². The molecule has 1 fully saturated rings. The van der Waals surface area contributed by atoms with E-state index < -0.39 is 0 Å². The third kappa shape index (κ3) is 2.33. The first-order valence-corrected chi connectivity index (χ1v) is 7.04. The highest BCUT2D eigenvalue weighted by Crippen LogP contribution is 2.24. The zero-order valence-corrected chi connectivity index (χ0v) is 11.4. The number of hydrogen-bond acceptors (Lipinski definition) is 3. The van der Waals surface area contributed by atoms with Gasteiger partial charge in [-0.1, -0.05) is 6.08 Å². The number of carbonyl (C=O) groups is 1. The van der Waals surface area contributed by atoms with Crippen molar-refractivity contribution in [3.05, 3.63) is 42.8 Å². The van der Waals surface area contributed by atoms with Crippen molar-refractivity contribution in [2.75, 3.05) is 6.54 Å². The molecule has 2 aromatic rings. The van der Waals surface area contributed by atoms with E-state index in [0.29, 0.717) is 17.2 Å². The van der Waals surface area contributed by atoms with Crippen molar-refractivity contribution in [1.82, 2.24) is 9.88 Å². The number of hydrogen-bond donors (Lipinski definition) is 0. The van der Waals surface area contributed by atoms with Gasteiger partial charge in [-0.15, -0.1) is 6.58 Å². The molecule has 2 aromatic heterocycles. The van der Waals surface area contributed by atoms with E-state index in [4.69, 9.17) is 4.42 Å². The molecule has 0 radical (unpaired) electrons. The van der Waals surface area contributed by atoms with Gasteiger partial charge in [-0.3, -0.25) is 9.78 Å². The predicted octanol–water partition coefficient (Wildman–Crippen LogP) is 3.40. The summed E-state index contributed by atoms with van der Waals surface area (Å²) in [6.07, 6.45) is 9.24. The lowest BCUT2D eigenvalue weighted by Crippen LogP contribution is -2.35. The summed E-state index contributed by atoms with van der Waals surface area (Å²) in [6, 6.07) is 3.91. The normalized spacial score (nSPS) is 18.6. The molecule has 0 aromatic carbocycles. The quantitative estimate of drug-likeness (QED) is 0.800. The number of rotatable bonds is 4. The van der Waals surface area contributed by atoms with Crippen LogP contribution < -0.4 is 0 Å². The molecule has 104 valence electrons. The predicted molar refractivity (Wildman–Crippen MR) is 77.5 cm³/mol. The second-order valence-electron chi connectivity index (χ2n) is 5.19. The molecular formula is C16H18N2O2. The molecule has 1 unspecified atom stereocenters. The molecule has 1 aliphatic rings. The van der Waals surface area contributed by atoms with Crippen LogP contribution in [0.3, 0.4) is 0 Å². The molecule has 0 saturated carbocycles. The molecule has 0 aliphatic carbocycles. The molecule has 0 N–H and O–H groups in total. The third-order valence-electron chi connectivity index (χ3n) is 3.89. The number of likely N-dealkylation sites (tertiary alicyclic amines) is 1. The van der Waals surface area contributed by atoms with Crippen molar-refractivity contribution in [3.8, 4) is 0 Å². The van der Waals surface area contributed by atoms with E-state index in [0.717, 1.165) is 37.7 Å². The van der Waals surface area contributed by atoms with Crippen LogP contribution in [0, 0.1) is 0 Å². The maximum absolute atomic E-state index is 12.6. The Labute approximate surface area is 118 Å². The van der Waals surface area contributed by atoms with Crippen molar-refractivity contribution in [2.45, 2.75) is 31.7 Å². The summed E-state index contributed by atoms with van der Waals surface area (Å²) < 4.78 is 5.32. The van der Waals surface area contributed by atoms with E-state index in [2.05, 4.69) is 11.6 Å². The minimum absolute atomic E-state index is 0.0577. The van der Waals surface area contributed by atoms with Crippen LogP contribution in [0.5, 0.6) is 0 Å². The van der Waals surface area contributed by atoms with Gasteiger partial charge >= 0.3 is 0 Å². The fourth-order valence-corrected chi connectivity index (χ4v) is 2.84. The van der Waals surface area contributed by atoms with Crippen molar-refractivity contribution in [2.24, 2.45) is 0 Å². The van der Waals surface area contributed by atoms with Crippen molar-refractivity contribution in [3.63, 3.8) is 0 Å². The number of amides is 1. The topological polar surface area (TPSA) is 46.3 Å². The van der Waals surface area contributed by atoms with Crippen LogP contribution in [0.1, 0.15) is 36.0 Å². The molecule has 1 aliphatic heterocycles. The lowest BCUT2D eigenvalue weighted by molar-refractivity contribution is 0.0731. The second-order valence-corrected chi connectivity index (χ2v) is 5.19. The van der Waals surface area contributed by atoms with Crippen molar-refractivity contribution >= 4 is 17.0 Å². The standard InChI is InChI=1S/C16H18N2O2/c1-2-3-5-13-6-4-8-18(13)16(19)12-10-15-14(17-11-12)7-9-20-15/h2,7,9-11,13H,1,3-6,8H2. The van der Waals surface area contributed by atoms with Crippen LogP contribution in [0.15, 0.2) is 41.7 Å². The molecule has 1 atom stereocenters. The summed E-state index contributed by atoms with van der Waals surface area (Å²) in [6.45, 7) is 4.58. The summed E-state index contributed by atoms with van der Waals surface area (Å²) in [7, 11) is 0. The minimum atomic E-state index is 0.0577. The van der Waals surface area contributed by atoms with Crippen LogP contribution >= 0.6 is 0 Å². The lowest BCUT2D eigenvalue weighted by Gasteiger charge is -2.24. The first-order valence-electron chi connectivity index (χ1n) is 7.04. The highest BCUT2D eigenvalue weighted by Gasteiger charge is 2.29. The van der Waals surface area contributed by atoms with Crippen LogP contribution in [-0.2, 0) is 0 Å². The summed E-state index contributed by atoms with van der Waals surface area (Å²) in [5.74, 6) is 0.0577. The number of allylic oxidation sites excluding steroid dienone is 1. The Morgan fingerprint density at radius 3 is 3.35 bits per heavy atom. The molecule has 0 bridgehead atoms. The van der Waals surface area contributed by atoms with Crippen LogP contribution in [0.2, 0.25) is 0 Å². The van der Waals surface area contributed by atoms with Gasteiger partial charge in [0.1, 0.15) is 5.52 Å². The lowest BCUT2D eigenvalue weighted by atomic mass is 10.1. The summed E-state index contributed by atoms with van der Waals surface area (Å²) in [5, 5.41) is 0. The Hall–Kier alpha value is -2.10. The van der Waals surface area contributed by atoms with Gasteiger partial charge in [-0.25, -0.2) is 0 Å². The average Bonchev–Trinajstić information content (AvgIpc) is 3.12. The fourth-order valence-electron chi connectivity index (χ4n) is 2.84.